The van der Waals surface area contributed by atoms with Crippen molar-refractivity contribution in [1.82, 2.24) is 0 Å². The Hall–Kier alpha value is -1.11. The molecule has 13 heavy (non-hydrogen) atoms. The lowest BCUT2D eigenvalue weighted by atomic mass is 10.0. The SMILES string of the molecule is Cc1ccc(C2=NCCC2)c(C)c1. The van der Waals surface area contributed by atoms with E-state index in [-0.39, 0.29) is 0 Å². The highest BCUT2D eigenvalue weighted by Crippen LogP contribution is 2.17. The van der Waals surface area contributed by atoms with Gasteiger partial charge in [-0.05, 0) is 37.8 Å². The summed E-state index contributed by atoms with van der Waals surface area (Å²) in [6.07, 6.45) is 2.38. The number of nitrogens with zero attached hydrogens (tertiary/aromatic N) is 1. The van der Waals surface area contributed by atoms with Gasteiger partial charge in [-0.3, -0.25) is 4.99 Å². The summed E-state index contributed by atoms with van der Waals surface area (Å²) in [7, 11) is 0. The molecule has 68 valence electrons. The average Bonchev–Trinajstić information content (AvgIpc) is 2.56. The first kappa shape index (κ1) is 8.49. The molecular weight excluding hydrogens is 158 g/mol. The maximum absolute atomic E-state index is 4.51. The minimum absolute atomic E-state index is 1.02. The van der Waals surface area contributed by atoms with Gasteiger partial charge in [0.15, 0.2) is 0 Å². The molecule has 0 N–H and O–H groups in total. The van der Waals surface area contributed by atoms with Crippen LogP contribution in [0.3, 0.4) is 0 Å². The van der Waals surface area contributed by atoms with E-state index in [1.165, 1.54) is 28.8 Å². The van der Waals surface area contributed by atoms with Crippen LogP contribution >= 0.6 is 0 Å². The number of hydrogen-bond donors (Lipinski definition) is 0. The Labute approximate surface area is 79.5 Å². The fraction of sp³-hybridized carbons (Fsp3) is 0.417. The molecule has 1 nitrogen and oxygen atoms in total. The van der Waals surface area contributed by atoms with Gasteiger partial charge in [0, 0.05) is 12.3 Å². The lowest BCUT2D eigenvalue weighted by Crippen LogP contribution is -1.99. The van der Waals surface area contributed by atoms with Crippen molar-refractivity contribution in [3.8, 4) is 0 Å². The Morgan fingerprint density at radius 3 is 2.69 bits per heavy atom. The van der Waals surface area contributed by atoms with Crippen molar-refractivity contribution in [2.45, 2.75) is 26.7 Å². The van der Waals surface area contributed by atoms with E-state index in [0.29, 0.717) is 0 Å². The zero-order chi connectivity index (χ0) is 9.26. The average molecular weight is 173 g/mol. The third-order valence-corrected chi connectivity index (χ3v) is 2.57. The van der Waals surface area contributed by atoms with Crippen molar-refractivity contribution < 1.29 is 0 Å². The third-order valence-electron chi connectivity index (χ3n) is 2.57. The lowest BCUT2D eigenvalue weighted by molar-refractivity contribution is 0.951. The summed E-state index contributed by atoms with van der Waals surface area (Å²) >= 11 is 0. The molecule has 0 spiro atoms. The highest BCUT2D eigenvalue weighted by molar-refractivity contribution is 6.02. The molecule has 1 heteroatoms. The van der Waals surface area contributed by atoms with Crippen molar-refractivity contribution in [2.75, 3.05) is 6.54 Å². The van der Waals surface area contributed by atoms with Gasteiger partial charge in [0.05, 0.1) is 0 Å². The minimum Gasteiger partial charge on any atom is -0.289 e. The zero-order valence-electron chi connectivity index (χ0n) is 8.30. The molecule has 1 aliphatic rings. The molecule has 0 unspecified atom stereocenters. The number of rotatable bonds is 1. The number of benzene rings is 1. The van der Waals surface area contributed by atoms with Gasteiger partial charge in [-0.1, -0.05) is 23.8 Å². The summed E-state index contributed by atoms with van der Waals surface area (Å²) < 4.78 is 0. The van der Waals surface area contributed by atoms with Crippen LogP contribution in [0.5, 0.6) is 0 Å². The second-order valence-electron chi connectivity index (χ2n) is 3.75. The predicted octanol–water partition coefficient (Wildman–Crippen LogP) is 2.89. The molecule has 0 bridgehead atoms. The fourth-order valence-corrected chi connectivity index (χ4v) is 1.90. The molecule has 0 aromatic heterocycles. The molecule has 0 saturated carbocycles. The van der Waals surface area contributed by atoms with Gasteiger partial charge in [0.2, 0.25) is 0 Å². The van der Waals surface area contributed by atoms with Crippen LogP contribution in [0.4, 0.5) is 0 Å². The second kappa shape index (κ2) is 3.33. The quantitative estimate of drug-likeness (QED) is 0.619. The van der Waals surface area contributed by atoms with E-state index >= 15 is 0 Å². The highest BCUT2D eigenvalue weighted by Gasteiger charge is 2.10. The molecule has 1 heterocycles. The van der Waals surface area contributed by atoms with Crippen molar-refractivity contribution in [3.05, 3.63) is 34.9 Å². The van der Waals surface area contributed by atoms with E-state index < -0.39 is 0 Å². The standard InChI is InChI=1S/C12H15N/c1-9-5-6-11(10(2)8-9)12-4-3-7-13-12/h5-6,8H,3-4,7H2,1-2H3. The Morgan fingerprint density at radius 2 is 2.08 bits per heavy atom. The highest BCUT2D eigenvalue weighted by atomic mass is 14.8. The van der Waals surface area contributed by atoms with Crippen LogP contribution in [-0.4, -0.2) is 12.3 Å². The Bertz CT molecular complexity index is 350. The van der Waals surface area contributed by atoms with E-state index in [1.807, 2.05) is 0 Å². The monoisotopic (exact) mass is 173 g/mol. The first-order chi connectivity index (χ1) is 6.27. The van der Waals surface area contributed by atoms with E-state index in [2.05, 4.69) is 37.0 Å². The second-order valence-corrected chi connectivity index (χ2v) is 3.75. The largest absolute Gasteiger partial charge is 0.289 e. The van der Waals surface area contributed by atoms with Gasteiger partial charge >= 0.3 is 0 Å². The first-order valence-electron chi connectivity index (χ1n) is 4.88. The zero-order valence-corrected chi connectivity index (χ0v) is 8.30. The van der Waals surface area contributed by atoms with Crippen LogP contribution in [0.2, 0.25) is 0 Å². The summed E-state index contributed by atoms with van der Waals surface area (Å²) in [6.45, 7) is 5.32. The topological polar surface area (TPSA) is 12.4 Å². The Morgan fingerprint density at radius 1 is 1.23 bits per heavy atom. The van der Waals surface area contributed by atoms with Crippen molar-refractivity contribution >= 4 is 5.71 Å². The summed E-state index contributed by atoms with van der Waals surface area (Å²) in [5.41, 5.74) is 5.35. The van der Waals surface area contributed by atoms with Crippen molar-refractivity contribution in [3.63, 3.8) is 0 Å². The van der Waals surface area contributed by atoms with Crippen LogP contribution in [-0.2, 0) is 0 Å². The van der Waals surface area contributed by atoms with Crippen molar-refractivity contribution in [2.24, 2.45) is 4.99 Å². The molecule has 0 fully saturated rings. The molecule has 0 amide bonds. The third kappa shape index (κ3) is 1.64. The van der Waals surface area contributed by atoms with Crippen LogP contribution < -0.4 is 0 Å². The van der Waals surface area contributed by atoms with Gasteiger partial charge < -0.3 is 0 Å². The molecule has 0 saturated heterocycles. The van der Waals surface area contributed by atoms with E-state index in [4.69, 9.17) is 0 Å². The molecule has 1 aromatic rings. The van der Waals surface area contributed by atoms with Crippen LogP contribution in [0.25, 0.3) is 0 Å². The lowest BCUT2D eigenvalue weighted by Gasteiger charge is -2.05. The Kier molecular flexibility index (Phi) is 2.17. The predicted molar refractivity (Wildman–Crippen MR) is 56.6 cm³/mol. The van der Waals surface area contributed by atoms with Gasteiger partial charge in [0.1, 0.15) is 0 Å². The summed E-state index contributed by atoms with van der Waals surface area (Å²) in [5, 5.41) is 0. The fourth-order valence-electron chi connectivity index (χ4n) is 1.90. The van der Waals surface area contributed by atoms with Gasteiger partial charge in [-0.15, -0.1) is 0 Å². The van der Waals surface area contributed by atoms with E-state index in [0.717, 1.165) is 13.0 Å². The van der Waals surface area contributed by atoms with Crippen LogP contribution in [0.15, 0.2) is 23.2 Å². The van der Waals surface area contributed by atoms with Gasteiger partial charge in [0.25, 0.3) is 0 Å². The van der Waals surface area contributed by atoms with E-state index in [9.17, 15) is 0 Å². The van der Waals surface area contributed by atoms with Crippen LogP contribution in [0, 0.1) is 13.8 Å². The minimum atomic E-state index is 1.02. The molecule has 1 aliphatic heterocycles. The molecule has 0 radical (unpaired) electrons. The summed E-state index contributed by atoms with van der Waals surface area (Å²) in [5.74, 6) is 0. The maximum atomic E-state index is 4.51. The first-order valence-corrected chi connectivity index (χ1v) is 4.88. The molecular formula is C12H15N. The summed E-state index contributed by atoms with van der Waals surface area (Å²) in [6, 6.07) is 6.61. The molecule has 0 aliphatic carbocycles. The molecule has 2 rings (SSSR count). The van der Waals surface area contributed by atoms with Crippen molar-refractivity contribution in [1.29, 1.82) is 0 Å². The number of hydrogen-bond acceptors (Lipinski definition) is 1. The van der Waals surface area contributed by atoms with Crippen LogP contribution in [0.1, 0.15) is 29.5 Å². The smallest absolute Gasteiger partial charge is 0.0423 e. The maximum Gasteiger partial charge on any atom is 0.0423 e. The normalized spacial score (nSPS) is 16.0. The molecule has 0 atom stereocenters. The van der Waals surface area contributed by atoms with Gasteiger partial charge in [-0.25, -0.2) is 0 Å². The Balaban J connectivity index is 2.40. The summed E-state index contributed by atoms with van der Waals surface area (Å²) in [4.78, 5) is 4.51. The number of aliphatic imine (C=N–C) groups is 1. The number of aryl methyl sites for hydroxylation is 2. The molecule has 1 aromatic carbocycles. The van der Waals surface area contributed by atoms with Gasteiger partial charge in [-0.2, -0.15) is 0 Å². The van der Waals surface area contributed by atoms with E-state index in [1.54, 1.807) is 0 Å².